The number of carbonyl (C=O) groups is 1. The monoisotopic (exact) mass is 266 g/mol. The first-order valence-electron chi connectivity index (χ1n) is 8.24. The standard InChI is InChI=1S/C16H30N2O/c1-13(11-14-5-3-2-4-6-14)16(19)18-10-8-15-7-9-17-12-15/h13-15,17H,2-12H2,1H3,(H,18,19). The topological polar surface area (TPSA) is 41.1 Å². The van der Waals surface area contributed by atoms with Crippen molar-refractivity contribution in [1.29, 1.82) is 0 Å². The van der Waals surface area contributed by atoms with Crippen LogP contribution in [0, 0.1) is 17.8 Å². The van der Waals surface area contributed by atoms with Crippen molar-refractivity contribution in [2.45, 2.75) is 58.3 Å². The number of rotatable bonds is 6. The average Bonchev–Trinajstić information content (AvgIpc) is 2.93. The van der Waals surface area contributed by atoms with Crippen LogP contribution in [0.4, 0.5) is 0 Å². The number of nitrogens with one attached hydrogen (secondary N) is 2. The van der Waals surface area contributed by atoms with Crippen LogP contribution < -0.4 is 10.6 Å². The lowest BCUT2D eigenvalue weighted by atomic mass is 9.83. The minimum Gasteiger partial charge on any atom is -0.356 e. The van der Waals surface area contributed by atoms with Gasteiger partial charge in [-0.25, -0.2) is 0 Å². The third kappa shape index (κ3) is 5.13. The van der Waals surface area contributed by atoms with Crippen molar-refractivity contribution in [3.05, 3.63) is 0 Å². The maximum Gasteiger partial charge on any atom is 0.222 e. The van der Waals surface area contributed by atoms with Gasteiger partial charge >= 0.3 is 0 Å². The molecule has 3 heteroatoms. The molecule has 110 valence electrons. The molecule has 1 saturated heterocycles. The van der Waals surface area contributed by atoms with Crippen molar-refractivity contribution in [2.75, 3.05) is 19.6 Å². The molecular weight excluding hydrogens is 236 g/mol. The Balaban J connectivity index is 1.58. The summed E-state index contributed by atoms with van der Waals surface area (Å²) in [6, 6.07) is 0. The Morgan fingerprint density at radius 3 is 2.68 bits per heavy atom. The Morgan fingerprint density at radius 1 is 1.21 bits per heavy atom. The van der Waals surface area contributed by atoms with Crippen LogP contribution in [0.25, 0.3) is 0 Å². The van der Waals surface area contributed by atoms with Gasteiger partial charge in [-0.2, -0.15) is 0 Å². The van der Waals surface area contributed by atoms with Crippen molar-refractivity contribution in [2.24, 2.45) is 17.8 Å². The van der Waals surface area contributed by atoms with Gasteiger partial charge in [-0.15, -0.1) is 0 Å². The van der Waals surface area contributed by atoms with Crippen LogP contribution in [0.3, 0.4) is 0 Å². The largest absolute Gasteiger partial charge is 0.356 e. The molecule has 2 N–H and O–H groups in total. The van der Waals surface area contributed by atoms with Crippen molar-refractivity contribution in [3.63, 3.8) is 0 Å². The zero-order valence-corrected chi connectivity index (χ0v) is 12.4. The van der Waals surface area contributed by atoms with Crippen LogP contribution in [0.2, 0.25) is 0 Å². The highest BCUT2D eigenvalue weighted by Crippen LogP contribution is 2.29. The summed E-state index contributed by atoms with van der Waals surface area (Å²) in [6.07, 6.45) is 10.3. The van der Waals surface area contributed by atoms with Crippen molar-refractivity contribution in [3.8, 4) is 0 Å². The molecule has 1 heterocycles. The lowest BCUT2D eigenvalue weighted by Gasteiger charge is -2.24. The van der Waals surface area contributed by atoms with Gasteiger partial charge < -0.3 is 10.6 Å². The van der Waals surface area contributed by atoms with Crippen LogP contribution in [-0.2, 0) is 4.79 Å². The highest BCUT2D eigenvalue weighted by atomic mass is 16.1. The second kappa shape index (κ2) is 7.88. The minimum absolute atomic E-state index is 0.199. The molecule has 0 aromatic heterocycles. The predicted octanol–water partition coefficient (Wildman–Crippen LogP) is 2.71. The van der Waals surface area contributed by atoms with E-state index in [4.69, 9.17) is 0 Å². The van der Waals surface area contributed by atoms with Gasteiger partial charge in [0.2, 0.25) is 5.91 Å². The highest BCUT2D eigenvalue weighted by Gasteiger charge is 2.21. The van der Waals surface area contributed by atoms with Crippen molar-refractivity contribution >= 4 is 5.91 Å². The summed E-state index contributed by atoms with van der Waals surface area (Å²) >= 11 is 0. The second-order valence-electron chi connectivity index (χ2n) is 6.58. The summed E-state index contributed by atoms with van der Waals surface area (Å²) in [7, 11) is 0. The highest BCUT2D eigenvalue weighted by molar-refractivity contribution is 5.78. The summed E-state index contributed by atoms with van der Waals surface area (Å²) in [6.45, 7) is 5.24. The maximum absolute atomic E-state index is 12.1. The van der Waals surface area contributed by atoms with Gasteiger partial charge in [-0.05, 0) is 44.2 Å². The molecule has 2 rings (SSSR count). The summed E-state index contributed by atoms with van der Waals surface area (Å²) < 4.78 is 0. The van der Waals surface area contributed by atoms with E-state index < -0.39 is 0 Å². The predicted molar refractivity (Wildman–Crippen MR) is 79.0 cm³/mol. The van der Waals surface area contributed by atoms with Crippen molar-refractivity contribution in [1.82, 2.24) is 10.6 Å². The molecule has 2 aliphatic rings. The molecule has 0 bridgehead atoms. The molecule has 19 heavy (non-hydrogen) atoms. The zero-order chi connectivity index (χ0) is 13.5. The lowest BCUT2D eigenvalue weighted by Crippen LogP contribution is -2.32. The van der Waals surface area contributed by atoms with Gasteiger partial charge in [0.05, 0.1) is 0 Å². The van der Waals surface area contributed by atoms with E-state index in [1.165, 1.54) is 38.5 Å². The van der Waals surface area contributed by atoms with Gasteiger partial charge in [0.15, 0.2) is 0 Å². The maximum atomic E-state index is 12.1. The number of hydrogen-bond acceptors (Lipinski definition) is 2. The molecule has 0 spiro atoms. The first kappa shape index (κ1) is 14.8. The zero-order valence-electron chi connectivity index (χ0n) is 12.4. The average molecular weight is 266 g/mol. The Hall–Kier alpha value is -0.570. The molecule has 0 radical (unpaired) electrons. The summed E-state index contributed by atoms with van der Waals surface area (Å²) in [4.78, 5) is 12.1. The van der Waals surface area contributed by atoms with Crippen LogP contribution >= 0.6 is 0 Å². The van der Waals surface area contributed by atoms with Crippen LogP contribution in [0.1, 0.15) is 58.3 Å². The van der Waals surface area contributed by atoms with E-state index in [-0.39, 0.29) is 11.8 Å². The SMILES string of the molecule is CC(CC1CCCCC1)C(=O)NCCC1CCNC1. The summed E-state index contributed by atoms with van der Waals surface area (Å²) in [5, 5.41) is 6.51. The Bertz CT molecular complexity index is 268. The molecule has 1 amide bonds. The number of hydrogen-bond donors (Lipinski definition) is 2. The number of carbonyl (C=O) groups excluding carboxylic acids is 1. The van der Waals surface area contributed by atoms with Gasteiger partial charge in [0.25, 0.3) is 0 Å². The molecule has 2 unspecified atom stereocenters. The molecule has 0 aromatic rings. The lowest BCUT2D eigenvalue weighted by molar-refractivity contribution is -0.125. The van der Waals surface area contributed by atoms with E-state index in [2.05, 4.69) is 17.6 Å². The molecule has 1 aliphatic heterocycles. The van der Waals surface area contributed by atoms with E-state index in [1.54, 1.807) is 0 Å². The Morgan fingerprint density at radius 2 is 2.00 bits per heavy atom. The third-order valence-corrected chi connectivity index (χ3v) is 4.87. The van der Waals surface area contributed by atoms with E-state index in [9.17, 15) is 4.79 Å². The van der Waals surface area contributed by atoms with Crippen molar-refractivity contribution < 1.29 is 4.79 Å². The van der Waals surface area contributed by atoms with Gasteiger partial charge in [-0.3, -0.25) is 4.79 Å². The molecule has 2 atom stereocenters. The summed E-state index contributed by atoms with van der Waals surface area (Å²) in [5.41, 5.74) is 0. The Labute approximate surface area is 117 Å². The Kier molecular flexibility index (Phi) is 6.15. The van der Waals surface area contributed by atoms with Crippen LogP contribution in [0.15, 0.2) is 0 Å². The molecule has 3 nitrogen and oxygen atoms in total. The van der Waals surface area contributed by atoms with E-state index in [0.29, 0.717) is 0 Å². The first-order valence-corrected chi connectivity index (χ1v) is 8.24. The van der Waals surface area contributed by atoms with E-state index in [1.807, 2.05) is 0 Å². The smallest absolute Gasteiger partial charge is 0.222 e. The second-order valence-corrected chi connectivity index (χ2v) is 6.58. The fourth-order valence-corrected chi connectivity index (χ4v) is 3.56. The van der Waals surface area contributed by atoms with Crippen LogP contribution in [0.5, 0.6) is 0 Å². The fraction of sp³-hybridized carbons (Fsp3) is 0.938. The molecule has 2 fully saturated rings. The third-order valence-electron chi connectivity index (χ3n) is 4.87. The summed E-state index contributed by atoms with van der Waals surface area (Å²) in [5.74, 6) is 2.05. The molecule has 0 aromatic carbocycles. The van der Waals surface area contributed by atoms with E-state index >= 15 is 0 Å². The molecular formula is C16H30N2O. The van der Waals surface area contributed by atoms with Crippen LogP contribution in [-0.4, -0.2) is 25.5 Å². The normalized spacial score (nSPS) is 26.3. The first-order chi connectivity index (χ1) is 9.25. The quantitative estimate of drug-likeness (QED) is 0.776. The molecule has 1 saturated carbocycles. The van der Waals surface area contributed by atoms with Gasteiger partial charge in [0, 0.05) is 12.5 Å². The number of amides is 1. The fourth-order valence-electron chi connectivity index (χ4n) is 3.56. The van der Waals surface area contributed by atoms with Gasteiger partial charge in [-0.1, -0.05) is 39.0 Å². The minimum atomic E-state index is 0.199. The molecule has 1 aliphatic carbocycles. The van der Waals surface area contributed by atoms with E-state index in [0.717, 1.165) is 44.3 Å². The van der Waals surface area contributed by atoms with Gasteiger partial charge in [0.1, 0.15) is 0 Å².